The summed E-state index contributed by atoms with van der Waals surface area (Å²) in [5.74, 6) is 0. The van der Waals surface area contributed by atoms with Crippen LogP contribution in [-0.4, -0.2) is 53.7 Å². The van der Waals surface area contributed by atoms with Crippen molar-refractivity contribution >= 4 is 6.03 Å². The van der Waals surface area contributed by atoms with Crippen LogP contribution in [0.15, 0.2) is 24.3 Å². The van der Waals surface area contributed by atoms with Crippen LogP contribution in [0.2, 0.25) is 0 Å². The highest BCUT2D eigenvalue weighted by Gasteiger charge is 2.19. The first-order valence-electron chi connectivity index (χ1n) is 9.21. The third-order valence-corrected chi connectivity index (χ3v) is 4.56. The number of likely N-dealkylation sites (tertiary alicyclic amines) is 1. The molecule has 5 heteroatoms. The minimum absolute atomic E-state index is 0.0363. The quantitative estimate of drug-likeness (QED) is 0.861. The Morgan fingerprint density at radius 1 is 1.24 bits per heavy atom. The van der Waals surface area contributed by atoms with Crippen LogP contribution in [0.25, 0.3) is 0 Å². The molecule has 25 heavy (non-hydrogen) atoms. The van der Waals surface area contributed by atoms with Crippen molar-refractivity contribution in [1.29, 1.82) is 0 Å². The summed E-state index contributed by atoms with van der Waals surface area (Å²) in [6.45, 7) is 10.4. The fourth-order valence-corrected chi connectivity index (χ4v) is 3.29. The number of urea groups is 1. The number of aliphatic hydroxyl groups is 1. The highest BCUT2D eigenvalue weighted by molar-refractivity contribution is 5.73. The average Bonchev–Trinajstić information content (AvgIpc) is 2.54. The summed E-state index contributed by atoms with van der Waals surface area (Å²) in [4.78, 5) is 16.4. The number of hydrogen-bond donors (Lipinski definition) is 2. The van der Waals surface area contributed by atoms with E-state index in [9.17, 15) is 9.90 Å². The SMILES string of the molecule is CN(CC(C)(C)C)C(=O)NCc1ccccc1CN1CCC(O)CC1. The molecule has 0 aliphatic carbocycles. The molecule has 1 aliphatic heterocycles. The Kier molecular flexibility index (Phi) is 6.85. The summed E-state index contributed by atoms with van der Waals surface area (Å²) in [6, 6.07) is 8.24. The Labute approximate surface area is 152 Å². The molecular formula is C20H33N3O2. The van der Waals surface area contributed by atoms with E-state index in [4.69, 9.17) is 0 Å². The second kappa shape index (κ2) is 8.68. The molecule has 0 spiro atoms. The average molecular weight is 348 g/mol. The van der Waals surface area contributed by atoms with Crippen molar-refractivity contribution in [2.45, 2.75) is 52.8 Å². The summed E-state index contributed by atoms with van der Waals surface area (Å²) in [5, 5.41) is 12.7. The molecular weight excluding hydrogens is 314 g/mol. The van der Waals surface area contributed by atoms with Crippen LogP contribution < -0.4 is 5.32 Å². The van der Waals surface area contributed by atoms with E-state index >= 15 is 0 Å². The lowest BCUT2D eigenvalue weighted by atomic mass is 9.96. The van der Waals surface area contributed by atoms with Crippen molar-refractivity contribution in [3.63, 3.8) is 0 Å². The first-order valence-corrected chi connectivity index (χ1v) is 9.21. The highest BCUT2D eigenvalue weighted by Crippen LogP contribution is 2.17. The van der Waals surface area contributed by atoms with Gasteiger partial charge < -0.3 is 15.3 Å². The van der Waals surface area contributed by atoms with Crippen LogP contribution in [0.4, 0.5) is 4.79 Å². The normalized spacial score (nSPS) is 16.7. The molecule has 1 fully saturated rings. The molecule has 0 radical (unpaired) electrons. The maximum Gasteiger partial charge on any atom is 0.317 e. The summed E-state index contributed by atoms with van der Waals surface area (Å²) >= 11 is 0. The lowest BCUT2D eigenvalue weighted by molar-refractivity contribution is 0.0791. The third kappa shape index (κ3) is 6.67. The van der Waals surface area contributed by atoms with Gasteiger partial charge in [-0.05, 0) is 29.4 Å². The van der Waals surface area contributed by atoms with Crippen LogP contribution >= 0.6 is 0 Å². The molecule has 1 aliphatic rings. The molecule has 0 bridgehead atoms. The third-order valence-electron chi connectivity index (χ3n) is 4.56. The molecule has 1 aromatic carbocycles. The number of carbonyl (C=O) groups excluding carboxylic acids is 1. The zero-order chi connectivity index (χ0) is 18.4. The number of benzene rings is 1. The monoisotopic (exact) mass is 347 g/mol. The smallest absolute Gasteiger partial charge is 0.317 e. The van der Waals surface area contributed by atoms with E-state index in [0.29, 0.717) is 6.54 Å². The van der Waals surface area contributed by atoms with E-state index < -0.39 is 0 Å². The van der Waals surface area contributed by atoms with Crippen molar-refractivity contribution in [1.82, 2.24) is 15.1 Å². The first kappa shape index (κ1) is 19.7. The highest BCUT2D eigenvalue weighted by atomic mass is 16.3. The molecule has 2 amide bonds. The standard InChI is InChI=1S/C20H33N3O2/c1-20(2,3)15-22(4)19(25)21-13-16-7-5-6-8-17(16)14-23-11-9-18(24)10-12-23/h5-8,18,24H,9-15H2,1-4H3,(H,21,25). The van der Waals surface area contributed by atoms with Crippen molar-refractivity contribution < 1.29 is 9.90 Å². The van der Waals surface area contributed by atoms with Gasteiger partial charge in [0.05, 0.1) is 6.10 Å². The zero-order valence-corrected chi connectivity index (χ0v) is 16.1. The number of hydrogen-bond acceptors (Lipinski definition) is 3. The number of nitrogens with one attached hydrogen (secondary N) is 1. The number of nitrogens with zero attached hydrogens (tertiary/aromatic N) is 2. The number of piperidine rings is 1. The second-order valence-corrected chi connectivity index (χ2v) is 8.35. The Balaban J connectivity index is 1.90. The van der Waals surface area contributed by atoms with Gasteiger partial charge in [-0.15, -0.1) is 0 Å². The second-order valence-electron chi connectivity index (χ2n) is 8.35. The first-order chi connectivity index (χ1) is 11.7. The molecule has 0 aromatic heterocycles. The fraction of sp³-hybridized carbons (Fsp3) is 0.650. The molecule has 0 saturated carbocycles. The van der Waals surface area contributed by atoms with Gasteiger partial charge >= 0.3 is 6.03 Å². The molecule has 2 N–H and O–H groups in total. The Hall–Kier alpha value is -1.59. The summed E-state index contributed by atoms with van der Waals surface area (Å²) in [5.41, 5.74) is 2.49. The summed E-state index contributed by atoms with van der Waals surface area (Å²) in [6.07, 6.45) is 1.54. The number of carbonyl (C=O) groups is 1. The zero-order valence-electron chi connectivity index (χ0n) is 16.1. The lowest BCUT2D eigenvalue weighted by Gasteiger charge is -2.30. The molecule has 0 atom stereocenters. The van der Waals surface area contributed by atoms with Crippen LogP contribution in [0.3, 0.4) is 0 Å². The maximum absolute atomic E-state index is 12.3. The molecule has 1 saturated heterocycles. The van der Waals surface area contributed by atoms with Crippen molar-refractivity contribution in [2.75, 3.05) is 26.7 Å². The largest absolute Gasteiger partial charge is 0.393 e. The van der Waals surface area contributed by atoms with Crippen LogP contribution in [0, 0.1) is 5.41 Å². The Morgan fingerprint density at radius 2 is 1.84 bits per heavy atom. The van der Waals surface area contributed by atoms with E-state index in [-0.39, 0.29) is 17.6 Å². The van der Waals surface area contributed by atoms with Gasteiger partial charge in [-0.2, -0.15) is 0 Å². The Morgan fingerprint density at radius 3 is 2.44 bits per heavy atom. The van der Waals surface area contributed by atoms with Gasteiger partial charge in [0, 0.05) is 39.8 Å². The van der Waals surface area contributed by atoms with E-state index in [2.05, 4.69) is 43.1 Å². The molecule has 5 nitrogen and oxygen atoms in total. The lowest BCUT2D eigenvalue weighted by Crippen LogP contribution is -2.41. The van der Waals surface area contributed by atoms with Gasteiger partial charge in [-0.1, -0.05) is 45.0 Å². The molecule has 140 valence electrons. The number of rotatable bonds is 5. The van der Waals surface area contributed by atoms with Gasteiger partial charge in [0.25, 0.3) is 0 Å². The fourth-order valence-electron chi connectivity index (χ4n) is 3.29. The van der Waals surface area contributed by atoms with Crippen molar-refractivity contribution in [3.05, 3.63) is 35.4 Å². The van der Waals surface area contributed by atoms with E-state index in [1.165, 1.54) is 5.56 Å². The number of aliphatic hydroxyl groups excluding tert-OH is 1. The van der Waals surface area contributed by atoms with Crippen molar-refractivity contribution in [3.8, 4) is 0 Å². The maximum atomic E-state index is 12.3. The van der Waals surface area contributed by atoms with Crippen LogP contribution in [0.1, 0.15) is 44.7 Å². The topological polar surface area (TPSA) is 55.8 Å². The van der Waals surface area contributed by atoms with Crippen LogP contribution in [0.5, 0.6) is 0 Å². The molecule has 0 unspecified atom stereocenters. The van der Waals surface area contributed by atoms with Gasteiger partial charge in [-0.25, -0.2) is 4.79 Å². The van der Waals surface area contributed by atoms with E-state index in [0.717, 1.165) is 44.6 Å². The van der Waals surface area contributed by atoms with Crippen LogP contribution in [-0.2, 0) is 13.1 Å². The van der Waals surface area contributed by atoms with E-state index in [1.807, 2.05) is 19.2 Å². The predicted molar refractivity (Wildman–Crippen MR) is 101 cm³/mol. The Bertz CT molecular complexity index is 560. The van der Waals surface area contributed by atoms with Gasteiger partial charge in [0.1, 0.15) is 0 Å². The van der Waals surface area contributed by atoms with Gasteiger partial charge in [-0.3, -0.25) is 4.90 Å². The van der Waals surface area contributed by atoms with Crippen molar-refractivity contribution in [2.24, 2.45) is 5.41 Å². The molecule has 2 rings (SSSR count). The summed E-state index contributed by atoms with van der Waals surface area (Å²) in [7, 11) is 1.84. The van der Waals surface area contributed by atoms with E-state index in [1.54, 1.807) is 4.90 Å². The van der Waals surface area contributed by atoms with Gasteiger partial charge in [0.15, 0.2) is 0 Å². The summed E-state index contributed by atoms with van der Waals surface area (Å²) < 4.78 is 0. The molecule has 1 heterocycles. The minimum Gasteiger partial charge on any atom is -0.393 e. The van der Waals surface area contributed by atoms with Gasteiger partial charge in [0.2, 0.25) is 0 Å². The number of amides is 2. The predicted octanol–water partition coefficient (Wildman–Crippen LogP) is 2.83. The molecule has 1 aromatic rings. The minimum atomic E-state index is -0.149.